The minimum Gasteiger partial charge on any atom is -0.496 e. The number of hydrogen-bond acceptors (Lipinski definition) is 5. The van der Waals surface area contributed by atoms with Gasteiger partial charge >= 0.3 is 0 Å². The predicted molar refractivity (Wildman–Crippen MR) is 111 cm³/mol. The molecule has 28 heavy (non-hydrogen) atoms. The smallest absolute Gasteiger partial charge is 0.250 e. The monoisotopic (exact) mass is 399 g/mol. The van der Waals surface area contributed by atoms with Crippen LogP contribution in [-0.2, 0) is 16.0 Å². The van der Waals surface area contributed by atoms with Gasteiger partial charge in [-0.1, -0.05) is 36.4 Å². The third kappa shape index (κ3) is 6.40. The van der Waals surface area contributed by atoms with Gasteiger partial charge in [-0.25, -0.2) is 0 Å². The number of carbonyl (C=O) groups excluding carboxylic acids is 2. The topological polar surface area (TPSA) is 88.7 Å². The zero-order valence-corrected chi connectivity index (χ0v) is 16.3. The highest BCUT2D eigenvalue weighted by Crippen LogP contribution is 2.29. The molecule has 0 aliphatic rings. The summed E-state index contributed by atoms with van der Waals surface area (Å²) in [6.45, 7) is 0. The van der Waals surface area contributed by atoms with Gasteiger partial charge in [-0.05, 0) is 36.0 Å². The number of thiocarbonyl (C=S) groups is 1. The summed E-state index contributed by atoms with van der Waals surface area (Å²) >= 11 is 5.00. The molecule has 0 fully saturated rings. The van der Waals surface area contributed by atoms with Gasteiger partial charge in [0.2, 0.25) is 11.8 Å². The van der Waals surface area contributed by atoms with Crippen LogP contribution in [0.2, 0.25) is 0 Å². The summed E-state index contributed by atoms with van der Waals surface area (Å²) in [5.41, 5.74) is 6.42. The van der Waals surface area contributed by atoms with Gasteiger partial charge < -0.3 is 9.47 Å². The van der Waals surface area contributed by atoms with Crippen molar-refractivity contribution in [2.75, 3.05) is 14.2 Å². The second-order valence-electron chi connectivity index (χ2n) is 5.56. The van der Waals surface area contributed by atoms with E-state index in [0.717, 1.165) is 5.56 Å². The molecule has 0 saturated heterocycles. The number of carbonyl (C=O) groups is 2. The highest BCUT2D eigenvalue weighted by molar-refractivity contribution is 7.80. The lowest BCUT2D eigenvalue weighted by Gasteiger charge is -2.10. The molecule has 2 rings (SSSR count). The molecule has 3 N–H and O–H groups in total. The minimum absolute atomic E-state index is 0.0250. The number of hydrogen-bond donors (Lipinski definition) is 3. The normalized spacial score (nSPS) is 10.2. The molecule has 0 spiro atoms. The van der Waals surface area contributed by atoms with Crippen LogP contribution in [0.15, 0.2) is 54.6 Å². The molecule has 7 nitrogen and oxygen atoms in total. The van der Waals surface area contributed by atoms with Gasteiger partial charge in [0.15, 0.2) is 5.11 Å². The number of amides is 2. The molecule has 0 unspecified atom stereocenters. The molecule has 0 aliphatic carbocycles. The van der Waals surface area contributed by atoms with E-state index in [1.807, 2.05) is 30.3 Å². The Balaban J connectivity index is 1.85. The molecule has 0 saturated carbocycles. The lowest BCUT2D eigenvalue weighted by Crippen LogP contribution is -2.48. The fraction of sp³-hybridized carbons (Fsp3) is 0.150. The quantitative estimate of drug-likeness (QED) is 0.391. The van der Waals surface area contributed by atoms with Crippen molar-refractivity contribution in [1.29, 1.82) is 0 Å². The lowest BCUT2D eigenvalue weighted by molar-refractivity contribution is -0.121. The summed E-state index contributed by atoms with van der Waals surface area (Å²) in [7, 11) is 3.06. The summed E-state index contributed by atoms with van der Waals surface area (Å²) in [6, 6.07) is 14.6. The second kappa shape index (κ2) is 10.7. The summed E-state index contributed by atoms with van der Waals surface area (Å²) < 4.78 is 10.5. The first-order valence-electron chi connectivity index (χ1n) is 8.36. The Morgan fingerprint density at radius 2 is 1.61 bits per heavy atom. The standard InChI is InChI=1S/C20H21N3O4S/c1-26-16-9-6-10-17(27-2)15(16)11-12-18(24)21-20(28)23-22-19(25)13-14-7-4-3-5-8-14/h3-12H,13H2,1-2H3,(H,22,25)(H2,21,23,24,28). The van der Waals surface area contributed by atoms with Crippen molar-refractivity contribution in [3.8, 4) is 11.5 Å². The van der Waals surface area contributed by atoms with E-state index in [1.54, 1.807) is 24.3 Å². The number of nitrogens with one attached hydrogen (secondary N) is 3. The van der Waals surface area contributed by atoms with Crippen LogP contribution in [0.1, 0.15) is 11.1 Å². The zero-order valence-electron chi connectivity index (χ0n) is 15.5. The fourth-order valence-electron chi connectivity index (χ4n) is 2.34. The number of benzene rings is 2. The van der Waals surface area contributed by atoms with Crippen LogP contribution in [0.3, 0.4) is 0 Å². The maximum atomic E-state index is 12.0. The van der Waals surface area contributed by atoms with Crippen molar-refractivity contribution in [1.82, 2.24) is 16.2 Å². The first-order chi connectivity index (χ1) is 13.5. The van der Waals surface area contributed by atoms with E-state index in [1.165, 1.54) is 20.3 Å². The maximum Gasteiger partial charge on any atom is 0.250 e. The van der Waals surface area contributed by atoms with Crippen LogP contribution in [0, 0.1) is 0 Å². The maximum absolute atomic E-state index is 12.0. The Hall–Kier alpha value is -3.39. The first kappa shape index (κ1) is 20.9. The predicted octanol–water partition coefficient (Wildman–Crippen LogP) is 1.98. The number of rotatable bonds is 6. The summed E-state index contributed by atoms with van der Waals surface area (Å²) in [5, 5.41) is 2.42. The van der Waals surface area contributed by atoms with Crippen molar-refractivity contribution < 1.29 is 19.1 Å². The van der Waals surface area contributed by atoms with E-state index in [9.17, 15) is 9.59 Å². The number of methoxy groups -OCH3 is 2. The van der Waals surface area contributed by atoms with Crippen molar-refractivity contribution in [2.45, 2.75) is 6.42 Å². The highest BCUT2D eigenvalue weighted by Gasteiger charge is 2.08. The van der Waals surface area contributed by atoms with E-state index >= 15 is 0 Å². The van der Waals surface area contributed by atoms with Crippen molar-refractivity contribution >= 4 is 35.2 Å². The fourth-order valence-corrected chi connectivity index (χ4v) is 2.49. The van der Waals surface area contributed by atoms with Gasteiger partial charge in [-0.3, -0.25) is 25.8 Å². The third-order valence-corrected chi connectivity index (χ3v) is 3.83. The van der Waals surface area contributed by atoms with Gasteiger partial charge in [0.1, 0.15) is 11.5 Å². The Labute approximate surface area is 168 Å². The SMILES string of the molecule is COc1cccc(OC)c1C=CC(=O)NC(=S)NNC(=O)Cc1ccccc1. The van der Waals surface area contributed by atoms with E-state index in [-0.39, 0.29) is 17.4 Å². The second-order valence-corrected chi connectivity index (χ2v) is 5.97. The van der Waals surface area contributed by atoms with E-state index in [2.05, 4.69) is 16.2 Å². The molecule has 8 heteroatoms. The number of ether oxygens (including phenoxy) is 2. The Bertz CT molecular complexity index is 847. The third-order valence-electron chi connectivity index (χ3n) is 3.63. The Kier molecular flexibility index (Phi) is 7.98. The molecular weight excluding hydrogens is 378 g/mol. The van der Waals surface area contributed by atoms with Crippen molar-refractivity contribution in [3.05, 3.63) is 65.7 Å². The van der Waals surface area contributed by atoms with Crippen LogP contribution < -0.4 is 25.6 Å². The molecule has 0 atom stereocenters. The molecule has 2 aromatic rings. The summed E-state index contributed by atoms with van der Waals surface area (Å²) in [4.78, 5) is 23.9. The van der Waals surface area contributed by atoms with Crippen LogP contribution in [0.5, 0.6) is 11.5 Å². The van der Waals surface area contributed by atoms with Gasteiger partial charge in [-0.15, -0.1) is 0 Å². The van der Waals surface area contributed by atoms with Crippen molar-refractivity contribution in [2.24, 2.45) is 0 Å². The van der Waals surface area contributed by atoms with Gasteiger partial charge in [0, 0.05) is 6.08 Å². The summed E-state index contributed by atoms with van der Waals surface area (Å²) in [6.07, 6.45) is 3.04. The molecule has 2 aromatic carbocycles. The molecular formula is C20H21N3O4S. The molecule has 0 bridgehead atoms. The largest absolute Gasteiger partial charge is 0.496 e. The average molecular weight is 399 g/mol. The number of hydrazine groups is 1. The van der Waals surface area contributed by atoms with Crippen LogP contribution in [0.25, 0.3) is 6.08 Å². The minimum atomic E-state index is -0.470. The lowest BCUT2D eigenvalue weighted by atomic mass is 10.1. The van der Waals surface area contributed by atoms with E-state index in [0.29, 0.717) is 17.1 Å². The molecule has 2 amide bonds. The van der Waals surface area contributed by atoms with Crippen LogP contribution >= 0.6 is 12.2 Å². The molecule has 146 valence electrons. The van der Waals surface area contributed by atoms with E-state index in [4.69, 9.17) is 21.7 Å². The van der Waals surface area contributed by atoms with Gasteiger partial charge in [0.05, 0.1) is 26.2 Å². The molecule has 0 heterocycles. The van der Waals surface area contributed by atoms with Crippen LogP contribution in [-0.4, -0.2) is 31.1 Å². The Morgan fingerprint density at radius 3 is 2.21 bits per heavy atom. The first-order valence-corrected chi connectivity index (χ1v) is 8.77. The average Bonchev–Trinajstić information content (AvgIpc) is 2.71. The zero-order chi connectivity index (χ0) is 20.4. The summed E-state index contributed by atoms with van der Waals surface area (Å²) in [5.74, 6) is 0.384. The van der Waals surface area contributed by atoms with Crippen LogP contribution in [0.4, 0.5) is 0 Å². The molecule has 0 aliphatic heterocycles. The molecule has 0 aromatic heterocycles. The van der Waals surface area contributed by atoms with E-state index < -0.39 is 5.91 Å². The molecule has 0 radical (unpaired) electrons. The Morgan fingerprint density at radius 1 is 0.964 bits per heavy atom. The van der Waals surface area contributed by atoms with Gasteiger partial charge in [-0.2, -0.15) is 0 Å². The van der Waals surface area contributed by atoms with Gasteiger partial charge in [0.25, 0.3) is 0 Å². The van der Waals surface area contributed by atoms with Crippen molar-refractivity contribution in [3.63, 3.8) is 0 Å². The highest BCUT2D eigenvalue weighted by atomic mass is 32.1.